The fourth-order valence-electron chi connectivity index (χ4n) is 2.61. The first-order valence-electron chi connectivity index (χ1n) is 7.22. The van der Waals surface area contributed by atoms with Gasteiger partial charge in [0, 0.05) is 6.04 Å². The van der Waals surface area contributed by atoms with Crippen LogP contribution in [0.5, 0.6) is 0 Å². The molecule has 0 aromatic rings. The molecule has 1 unspecified atom stereocenters. The molecule has 1 rings (SSSR count). The van der Waals surface area contributed by atoms with E-state index in [-0.39, 0.29) is 5.91 Å². The standard InChI is InChI=1S/C14H28N2O/c1-3-7-12(2)16-14(17)11-15-10-13-8-5-4-6-9-13/h12-13,15H,3-11H2,1-2H3,(H,16,17). The molecule has 0 heterocycles. The van der Waals surface area contributed by atoms with Gasteiger partial charge in [0.05, 0.1) is 6.54 Å². The molecule has 17 heavy (non-hydrogen) atoms. The summed E-state index contributed by atoms with van der Waals surface area (Å²) in [6.45, 7) is 5.70. The lowest BCUT2D eigenvalue weighted by molar-refractivity contribution is -0.120. The number of amides is 1. The van der Waals surface area contributed by atoms with Gasteiger partial charge in [0.1, 0.15) is 0 Å². The summed E-state index contributed by atoms with van der Waals surface area (Å²) < 4.78 is 0. The van der Waals surface area contributed by atoms with Crippen LogP contribution in [0.25, 0.3) is 0 Å². The van der Waals surface area contributed by atoms with Crippen molar-refractivity contribution in [1.82, 2.24) is 10.6 Å². The molecular formula is C14H28N2O. The molecule has 1 atom stereocenters. The zero-order valence-electron chi connectivity index (χ0n) is 11.4. The SMILES string of the molecule is CCCC(C)NC(=O)CNCC1CCCCC1. The quantitative estimate of drug-likeness (QED) is 0.718. The zero-order valence-corrected chi connectivity index (χ0v) is 11.4. The van der Waals surface area contributed by atoms with Crippen molar-refractivity contribution in [1.29, 1.82) is 0 Å². The van der Waals surface area contributed by atoms with Crippen molar-refractivity contribution >= 4 is 5.91 Å². The third-order valence-electron chi connectivity index (χ3n) is 3.57. The maximum Gasteiger partial charge on any atom is 0.234 e. The minimum absolute atomic E-state index is 0.141. The molecule has 3 heteroatoms. The van der Waals surface area contributed by atoms with Crippen LogP contribution in [0.3, 0.4) is 0 Å². The summed E-state index contributed by atoms with van der Waals surface area (Å²) in [5.74, 6) is 0.936. The Labute approximate surface area is 106 Å². The first-order valence-corrected chi connectivity index (χ1v) is 7.22. The number of nitrogens with one attached hydrogen (secondary N) is 2. The summed E-state index contributed by atoms with van der Waals surface area (Å²) in [7, 11) is 0. The van der Waals surface area contributed by atoms with Gasteiger partial charge in [0.25, 0.3) is 0 Å². The van der Waals surface area contributed by atoms with Crippen molar-refractivity contribution < 1.29 is 4.79 Å². The summed E-state index contributed by atoms with van der Waals surface area (Å²) >= 11 is 0. The average Bonchev–Trinajstić information content (AvgIpc) is 2.30. The number of carbonyl (C=O) groups is 1. The van der Waals surface area contributed by atoms with Crippen LogP contribution in [-0.2, 0) is 4.79 Å². The van der Waals surface area contributed by atoms with Gasteiger partial charge in [0.15, 0.2) is 0 Å². The van der Waals surface area contributed by atoms with Gasteiger partial charge in [-0.25, -0.2) is 0 Å². The van der Waals surface area contributed by atoms with Crippen LogP contribution < -0.4 is 10.6 Å². The Morgan fingerprint density at radius 2 is 2.00 bits per heavy atom. The Morgan fingerprint density at radius 3 is 2.65 bits per heavy atom. The molecule has 0 aromatic carbocycles. The Hall–Kier alpha value is -0.570. The van der Waals surface area contributed by atoms with E-state index in [9.17, 15) is 4.79 Å². The lowest BCUT2D eigenvalue weighted by Gasteiger charge is -2.22. The van der Waals surface area contributed by atoms with Crippen molar-refractivity contribution in [2.75, 3.05) is 13.1 Å². The fourth-order valence-corrected chi connectivity index (χ4v) is 2.61. The Bertz CT molecular complexity index is 212. The zero-order chi connectivity index (χ0) is 12.5. The molecule has 0 aromatic heterocycles. The van der Waals surface area contributed by atoms with Gasteiger partial charge >= 0.3 is 0 Å². The summed E-state index contributed by atoms with van der Waals surface area (Å²) in [5, 5.41) is 6.31. The summed E-state index contributed by atoms with van der Waals surface area (Å²) in [6.07, 6.45) is 8.98. The molecule has 1 aliphatic rings. The first-order chi connectivity index (χ1) is 8.22. The topological polar surface area (TPSA) is 41.1 Å². The Morgan fingerprint density at radius 1 is 1.29 bits per heavy atom. The van der Waals surface area contributed by atoms with E-state index in [0.29, 0.717) is 12.6 Å². The minimum atomic E-state index is 0.141. The Kier molecular flexibility index (Phi) is 7.25. The number of hydrogen-bond donors (Lipinski definition) is 2. The van der Waals surface area contributed by atoms with Crippen molar-refractivity contribution in [3.05, 3.63) is 0 Å². The molecule has 0 spiro atoms. The van der Waals surface area contributed by atoms with Crippen molar-refractivity contribution in [3.8, 4) is 0 Å². The lowest BCUT2D eigenvalue weighted by atomic mass is 9.89. The maximum absolute atomic E-state index is 11.6. The molecule has 0 aliphatic heterocycles. The number of hydrogen-bond acceptors (Lipinski definition) is 2. The second-order valence-corrected chi connectivity index (χ2v) is 5.39. The predicted octanol–water partition coefficient (Wildman–Crippen LogP) is 2.46. The molecule has 0 saturated heterocycles. The number of rotatable bonds is 7. The molecule has 100 valence electrons. The summed E-state index contributed by atoms with van der Waals surface area (Å²) in [4.78, 5) is 11.6. The highest BCUT2D eigenvalue weighted by Crippen LogP contribution is 2.22. The van der Waals surface area contributed by atoms with Gasteiger partial charge in [-0.05, 0) is 38.6 Å². The van der Waals surface area contributed by atoms with Gasteiger partial charge in [0.2, 0.25) is 5.91 Å². The first kappa shape index (κ1) is 14.5. The van der Waals surface area contributed by atoms with Crippen LogP contribution in [0.15, 0.2) is 0 Å². The van der Waals surface area contributed by atoms with E-state index >= 15 is 0 Å². The van der Waals surface area contributed by atoms with E-state index in [1.807, 2.05) is 0 Å². The normalized spacial score (nSPS) is 18.9. The molecule has 1 saturated carbocycles. The average molecular weight is 240 g/mol. The van der Waals surface area contributed by atoms with Gasteiger partial charge in [-0.15, -0.1) is 0 Å². The van der Waals surface area contributed by atoms with Gasteiger partial charge < -0.3 is 10.6 Å². The van der Waals surface area contributed by atoms with Gasteiger partial charge in [-0.1, -0.05) is 32.6 Å². The van der Waals surface area contributed by atoms with E-state index in [0.717, 1.165) is 25.3 Å². The lowest BCUT2D eigenvalue weighted by Crippen LogP contribution is -2.40. The third kappa shape index (κ3) is 6.67. The van der Waals surface area contributed by atoms with E-state index in [2.05, 4.69) is 24.5 Å². The summed E-state index contributed by atoms with van der Waals surface area (Å²) in [6, 6.07) is 0.309. The molecule has 1 fully saturated rings. The van der Waals surface area contributed by atoms with Crippen molar-refractivity contribution in [2.45, 2.75) is 64.8 Å². The van der Waals surface area contributed by atoms with Crippen molar-refractivity contribution in [3.63, 3.8) is 0 Å². The van der Waals surface area contributed by atoms with Crippen LogP contribution >= 0.6 is 0 Å². The fraction of sp³-hybridized carbons (Fsp3) is 0.929. The summed E-state index contributed by atoms with van der Waals surface area (Å²) in [5.41, 5.74) is 0. The van der Waals surface area contributed by atoms with Crippen LogP contribution in [0.2, 0.25) is 0 Å². The van der Waals surface area contributed by atoms with Crippen LogP contribution in [0.4, 0.5) is 0 Å². The van der Waals surface area contributed by atoms with Gasteiger partial charge in [-0.2, -0.15) is 0 Å². The van der Waals surface area contributed by atoms with Crippen LogP contribution in [0.1, 0.15) is 58.8 Å². The van der Waals surface area contributed by atoms with Gasteiger partial charge in [-0.3, -0.25) is 4.79 Å². The van der Waals surface area contributed by atoms with Crippen LogP contribution in [0, 0.1) is 5.92 Å². The molecular weight excluding hydrogens is 212 g/mol. The third-order valence-corrected chi connectivity index (χ3v) is 3.57. The van der Waals surface area contributed by atoms with Crippen LogP contribution in [-0.4, -0.2) is 25.0 Å². The monoisotopic (exact) mass is 240 g/mol. The molecule has 2 N–H and O–H groups in total. The van der Waals surface area contributed by atoms with Crippen molar-refractivity contribution in [2.24, 2.45) is 5.92 Å². The molecule has 0 radical (unpaired) electrons. The smallest absolute Gasteiger partial charge is 0.234 e. The van der Waals surface area contributed by atoms with E-state index in [4.69, 9.17) is 0 Å². The predicted molar refractivity (Wildman–Crippen MR) is 72.0 cm³/mol. The highest BCUT2D eigenvalue weighted by Gasteiger charge is 2.13. The number of carbonyl (C=O) groups excluding carboxylic acids is 1. The van der Waals surface area contributed by atoms with E-state index in [1.165, 1.54) is 32.1 Å². The second kappa shape index (κ2) is 8.51. The highest BCUT2D eigenvalue weighted by molar-refractivity contribution is 5.78. The highest BCUT2D eigenvalue weighted by atomic mass is 16.1. The minimum Gasteiger partial charge on any atom is -0.353 e. The second-order valence-electron chi connectivity index (χ2n) is 5.39. The Balaban J connectivity index is 2.03. The molecule has 1 amide bonds. The largest absolute Gasteiger partial charge is 0.353 e. The maximum atomic E-state index is 11.6. The molecule has 1 aliphatic carbocycles. The molecule has 0 bridgehead atoms. The van der Waals surface area contributed by atoms with E-state index in [1.54, 1.807) is 0 Å². The molecule has 3 nitrogen and oxygen atoms in total. The van der Waals surface area contributed by atoms with E-state index < -0.39 is 0 Å².